The van der Waals surface area contributed by atoms with Gasteiger partial charge in [0.15, 0.2) is 5.82 Å². The van der Waals surface area contributed by atoms with Crippen molar-refractivity contribution in [3.63, 3.8) is 0 Å². The van der Waals surface area contributed by atoms with Crippen molar-refractivity contribution >= 4 is 17.7 Å². The van der Waals surface area contributed by atoms with Crippen molar-refractivity contribution in [1.29, 1.82) is 0 Å². The Morgan fingerprint density at radius 1 is 0.886 bits per heavy atom. The third kappa shape index (κ3) is 4.87. The van der Waals surface area contributed by atoms with Gasteiger partial charge < -0.3 is 14.7 Å². The number of aromatic nitrogens is 4. The Morgan fingerprint density at radius 2 is 1.63 bits per heavy atom. The largest absolute Gasteiger partial charge is 0.419 e. The molecular formula is C25H28F3N7. The van der Waals surface area contributed by atoms with Crippen LogP contribution >= 0.6 is 0 Å². The summed E-state index contributed by atoms with van der Waals surface area (Å²) < 4.78 is 40.5. The Balaban J connectivity index is 1.43. The molecular weight excluding hydrogens is 455 g/mol. The molecule has 0 saturated carbocycles. The van der Waals surface area contributed by atoms with Crippen LogP contribution in [0.25, 0.3) is 11.4 Å². The van der Waals surface area contributed by atoms with Crippen LogP contribution in [0.15, 0.2) is 42.6 Å². The van der Waals surface area contributed by atoms with E-state index in [0.717, 1.165) is 36.6 Å². The number of hydrogen-bond acceptors (Lipinski definition) is 7. The molecule has 2 aliphatic rings. The highest BCUT2D eigenvalue weighted by Gasteiger charge is 2.36. The highest BCUT2D eigenvalue weighted by Crippen LogP contribution is 2.35. The van der Waals surface area contributed by atoms with Gasteiger partial charge in [-0.2, -0.15) is 28.1 Å². The lowest BCUT2D eigenvalue weighted by atomic mass is 10.1. The molecule has 0 bridgehead atoms. The number of hydrogen-bond donors (Lipinski definition) is 0. The highest BCUT2D eigenvalue weighted by atomic mass is 19.4. The summed E-state index contributed by atoms with van der Waals surface area (Å²) in [6, 6.07) is 10.8. The lowest BCUT2D eigenvalue weighted by molar-refractivity contribution is -0.137. The van der Waals surface area contributed by atoms with E-state index in [1.54, 1.807) is 4.90 Å². The molecule has 184 valence electrons. The predicted molar refractivity (Wildman–Crippen MR) is 130 cm³/mol. The minimum Gasteiger partial charge on any atom is -0.353 e. The predicted octanol–water partition coefficient (Wildman–Crippen LogP) is 4.58. The molecule has 35 heavy (non-hydrogen) atoms. The molecule has 3 aromatic rings. The van der Waals surface area contributed by atoms with Crippen LogP contribution < -0.4 is 14.7 Å². The highest BCUT2D eigenvalue weighted by molar-refractivity contribution is 5.60. The van der Waals surface area contributed by atoms with Gasteiger partial charge in [-0.3, -0.25) is 0 Å². The number of aryl methyl sites for hydroxylation is 1. The zero-order chi connectivity index (χ0) is 24.6. The molecule has 1 atom stereocenters. The van der Waals surface area contributed by atoms with Crippen LogP contribution in [-0.2, 0) is 6.18 Å². The van der Waals surface area contributed by atoms with Crippen molar-refractivity contribution in [1.82, 2.24) is 19.9 Å². The molecule has 5 rings (SSSR count). The van der Waals surface area contributed by atoms with Gasteiger partial charge in [0, 0.05) is 50.5 Å². The first-order valence-corrected chi connectivity index (χ1v) is 11.9. The SMILES string of the molecule is Cc1cccc(-c2nc(N3CCN(c4ncccc4C(F)(F)F)CC3)nc(N3CCCC3C)n2)c1. The Kier molecular flexibility index (Phi) is 6.21. The molecule has 1 unspecified atom stereocenters. The van der Waals surface area contributed by atoms with E-state index >= 15 is 0 Å². The quantitative estimate of drug-likeness (QED) is 0.539. The molecule has 2 aliphatic heterocycles. The summed E-state index contributed by atoms with van der Waals surface area (Å²) in [5.41, 5.74) is 1.33. The van der Waals surface area contributed by atoms with Gasteiger partial charge >= 0.3 is 6.18 Å². The molecule has 2 fully saturated rings. The van der Waals surface area contributed by atoms with Gasteiger partial charge in [0.2, 0.25) is 11.9 Å². The van der Waals surface area contributed by atoms with Crippen LogP contribution in [0, 0.1) is 6.92 Å². The van der Waals surface area contributed by atoms with E-state index in [-0.39, 0.29) is 5.82 Å². The molecule has 2 saturated heterocycles. The first-order valence-electron chi connectivity index (χ1n) is 11.9. The first-order chi connectivity index (χ1) is 16.8. The minimum atomic E-state index is -4.45. The van der Waals surface area contributed by atoms with Crippen molar-refractivity contribution in [2.75, 3.05) is 47.4 Å². The normalized spacial score (nSPS) is 18.9. The van der Waals surface area contributed by atoms with Crippen molar-refractivity contribution in [2.45, 2.75) is 38.9 Å². The second kappa shape index (κ2) is 9.31. The Bertz CT molecular complexity index is 1190. The molecule has 0 spiro atoms. The van der Waals surface area contributed by atoms with Crippen LogP contribution in [0.1, 0.15) is 30.9 Å². The van der Waals surface area contributed by atoms with Crippen molar-refractivity contribution in [3.8, 4) is 11.4 Å². The number of benzene rings is 1. The molecule has 0 amide bonds. The van der Waals surface area contributed by atoms with Crippen molar-refractivity contribution < 1.29 is 13.2 Å². The third-order valence-corrected chi connectivity index (χ3v) is 6.65. The average Bonchev–Trinajstić information content (AvgIpc) is 3.29. The maximum Gasteiger partial charge on any atom is 0.419 e. The molecule has 0 radical (unpaired) electrons. The topological polar surface area (TPSA) is 61.3 Å². The zero-order valence-electron chi connectivity index (χ0n) is 19.8. The lowest BCUT2D eigenvalue weighted by Crippen LogP contribution is -2.48. The molecule has 4 heterocycles. The monoisotopic (exact) mass is 483 g/mol. The van der Waals surface area contributed by atoms with Crippen LogP contribution in [-0.4, -0.2) is 58.7 Å². The van der Waals surface area contributed by atoms with Crippen LogP contribution in [0.2, 0.25) is 0 Å². The summed E-state index contributed by atoms with van der Waals surface area (Å²) in [5, 5.41) is 0. The smallest absolute Gasteiger partial charge is 0.353 e. The summed E-state index contributed by atoms with van der Waals surface area (Å²) in [6.45, 7) is 6.85. The minimum absolute atomic E-state index is 0.0256. The van der Waals surface area contributed by atoms with E-state index in [4.69, 9.17) is 15.0 Å². The summed E-state index contributed by atoms with van der Waals surface area (Å²) in [7, 11) is 0. The number of pyridine rings is 1. The standard InChI is InChI=1S/C25H28F3N7/c1-17-6-3-8-19(16-17)21-30-23(32-24(31-21)35-11-5-7-18(35)2)34-14-12-33(13-15-34)22-20(25(26,27)28)9-4-10-29-22/h3-4,6,8-10,16,18H,5,7,11-15H2,1-2H3. The van der Waals surface area contributed by atoms with Gasteiger partial charge in [-0.25, -0.2) is 4.98 Å². The van der Waals surface area contributed by atoms with Gasteiger partial charge in [-0.05, 0) is 44.9 Å². The Morgan fingerprint density at radius 3 is 2.31 bits per heavy atom. The molecule has 7 nitrogen and oxygen atoms in total. The molecule has 10 heteroatoms. The molecule has 0 N–H and O–H groups in total. The number of halogens is 3. The van der Waals surface area contributed by atoms with Crippen molar-refractivity contribution in [3.05, 3.63) is 53.7 Å². The van der Waals surface area contributed by atoms with Crippen LogP contribution in [0.4, 0.5) is 30.9 Å². The number of rotatable bonds is 4. The maximum atomic E-state index is 13.5. The Hall–Kier alpha value is -3.43. The Labute approximate surface area is 202 Å². The van der Waals surface area contributed by atoms with E-state index in [1.165, 1.54) is 12.3 Å². The summed E-state index contributed by atoms with van der Waals surface area (Å²) in [4.78, 5) is 24.4. The number of piperazine rings is 1. The fourth-order valence-electron chi connectivity index (χ4n) is 4.76. The van der Waals surface area contributed by atoms with Crippen molar-refractivity contribution in [2.24, 2.45) is 0 Å². The third-order valence-electron chi connectivity index (χ3n) is 6.65. The van der Waals surface area contributed by atoms with E-state index in [9.17, 15) is 13.2 Å². The van der Waals surface area contributed by atoms with Gasteiger partial charge in [0.25, 0.3) is 0 Å². The number of nitrogens with zero attached hydrogens (tertiary/aromatic N) is 7. The van der Waals surface area contributed by atoms with Crippen LogP contribution in [0.5, 0.6) is 0 Å². The van der Waals surface area contributed by atoms with Crippen LogP contribution in [0.3, 0.4) is 0 Å². The van der Waals surface area contributed by atoms with Gasteiger partial charge in [0.1, 0.15) is 5.82 Å². The molecule has 0 aliphatic carbocycles. The number of anilines is 3. The van der Waals surface area contributed by atoms with E-state index < -0.39 is 11.7 Å². The maximum absolute atomic E-state index is 13.5. The van der Waals surface area contributed by atoms with Gasteiger partial charge in [-0.1, -0.05) is 23.8 Å². The van der Waals surface area contributed by atoms with E-state index in [1.807, 2.05) is 36.1 Å². The lowest BCUT2D eigenvalue weighted by Gasteiger charge is -2.36. The first kappa shape index (κ1) is 23.3. The zero-order valence-corrected chi connectivity index (χ0v) is 19.8. The fraction of sp³-hybridized carbons (Fsp3) is 0.440. The number of alkyl halides is 3. The second-order valence-electron chi connectivity index (χ2n) is 9.16. The summed E-state index contributed by atoms with van der Waals surface area (Å²) >= 11 is 0. The summed E-state index contributed by atoms with van der Waals surface area (Å²) in [6.07, 6.45) is -0.864. The molecule has 1 aromatic carbocycles. The fourth-order valence-corrected chi connectivity index (χ4v) is 4.76. The average molecular weight is 484 g/mol. The van der Waals surface area contributed by atoms with E-state index in [2.05, 4.69) is 16.8 Å². The van der Waals surface area contributed by atoms with Gasteiger partial charge in [0.05, 0.1) is 5.56 Å². The molecule has 2 aromatic heterocycles. The van der Waals surface area contributed by atoms with Gasteiger partial charge in [-0.15, -0.1) is 0 Å². The second-order valence-corrected chi connectivity index (χ2v) is 9.16. The summed E-state index contributed by atoms with van der Waals surface area (Å²) in [5.74, 6) is 1.80. The van der Waals surface area contributed by atoms with E-state index in [0.29, 0.717) is 49.9 Å².